The standard InChI is InChI=1S/C30H33F2N7O3/c1-17-15-38(16-18(2)27(17)36-29(40)42-3)25-7-10-33-14-24(25)35-28-34-13-20-5-6-23(37-39(20)28)26-21(31)11-19(12-22(26)32)30(41)8-4-9-30/h5-7,10-14,17-18,27,41H,4,8-9,15-16H2,1-3H3,(H,34,35)(H,36,40)/t17-,18+,27?. The van der Waals surface area contributed by atoms with Crippen LogP contribution < -0.4 is 15.5 Å². The van der Waals surface area contributed by atoms with Gasteiger partial charge in [0.25, 0.3) is 0 Å². The Morgan fingerprint density at radius 3 is 2.45 bits per heavy atom. The fourth-order valence-corrected chi connectivity index (χ4v) is 6.10. The van der Waals surface area contributed by atoms with E-state index in [1.54, 1.807) is 30.7 Å². The van der Waals surface area contributed by atoms with Gasteiger partial charge in [0.05, 0.1) is 53.3 Å². The van der Waals surface area contributed by atoms with Gasteiger partial charge < -0.3 is 25.4 Å². The molecule has 0 bridgehead atoms. The average Bonchev–Trinajstić information content (AvgIpc) is 3.35. The van der Waals surface area contributed by atoms with E-state index in [0.29, 0.717) is 43.1 Å². The van der Waals surface area contributed by atoms with E-state index in [-0.39, 0.29) is 34.7 Å². The molecule has 3 N–H and O–H groups in total. The summed E-state index contributed by atoms with van der Waals surface area (Å²) < 4.78 is 36.7. The molecule has 42 heavy (non-hydrogen) atoms. The number of hydrogen-bond donors (Lipinski definition) is 3. The highest BCUT2D eigenvalue weighted by molar-refractivity contribution is 5.74. The van der Waals surface area contributed by atoms with Crippen molar-refractivity contribution in [2.45, 2.75) is 44.8 Å². The topological polar surface area (TPSA) is 117 Å². The van der Waals surface area contributed by atoms with Gasteiger partial charge in [-0.2, -0.15) is 9.61 Å². The summed E-state index contributed by atoms with van der Waals surface area (Å²) in [6.45, 7) is 5.54. The van der Waals surface area contributed by atoms with Gasteiger partial charge in [0.1, 0.15) is 11.6 Å². The second-order valence-corrected chi connectivity index (χ2v) is 11.4. The van der Waals surface area contributed by atoms with Crippen LogP contribution in [0, 0.1) is 23.5 Å². The zero-order valence-corrected chi connectivity index (χ0v) is 23.6. The van der Waals surface area contributed by atoms with Crippen LogP contribution >= 0.6 is 0 Å². The Morgan fingerprint density at radius 2 is 1.81 bits per heavy atom. The average molecular weight is 578 g/mol. The number of fused-ring (bicyclic) bond motifs is 1. The summed E-state index contributed by atoms with van der Waals surface area (Å²) in [5, 5.41) is 21.4. The van der Waals surface area contributed by atoms with Crippen LogP contribution in [0.2, 0.25) is 0 Å². The summed E-state index contributed by atoms with van der Waals surface area (Å²) in [7, 11) is 1.36. The van der Waals surface area contributed by atoms with E-state index in [9.17, 15) is 9.90 Å². The lowest BCUT2D eigenvalue weighted by molar-refractivity contribution is -0.0392. The number of imidazole rings is 1. The third-order valence-corrected chi connectivity index (χ3v) is 8.50. The number of rotatable bonds is 6. The molecule has 1 saturated heterocycles. The number of hydrogen-bond acceptors (Lipinski definition) is 8. The van der Waals surface area contributed by atoms with Gasteiger partial charge in [0.2, 0.25) is 5.95 Å². The molecule has 2 aliphatic rings. The second-order valence-electron chi connectivity index (χ2n) is 11.4. The first-order chi connectivity index (χ1) is 20.2. The molecule has 1 aliphatic heterocycles. The summed E-state index contributed by atoms with van der Waals surface area (Å²) >= 11 is 0. The van der Waals surface area contributed by atoms with E-state index < -0.39 is 23.3 Å². The fourth-order valence-electron chi connectivity index (χ4n) is 6.10. The summed E-state index contributed by atoms with van der Waals surface area (Å²) in [5.41, 5.74) is 1.11. The number of anilines is 3. The van der Waals surface area contributed by atoms with E-state index in [1.807, 2.05) is 6.07 Å². The van der Waals surface area contributed by atoms with Gasteiger partial charge in [-0.15, -0.1) is 0 Å². The molecule has 10 nitrogen and oxygen atoms in total. The van der Waals surface area contributed by atoms with Gasteiger partial charge in [-0.25, -0.2) is 18.6 Å². The molecule has 3 aromatic heterocycles. The number of alkyl carbamates (subject to hydrolysis) is 1. The number of aromatic nitrogens is 4. The Kier molecular flexibility index (Phi) is 7.17. The minimum Gasteiger partial charge on any atom is -0.453 e. The highest BCUT2D eigenvalue weighted by Crippen LogP contribution is 2.42. The van der Waals surface area contributed by atoms with Crippen molar-refractivity contribution >= 4 is 28.9 Å². The molecule has 2 fully saturated rings. The van der Waals surface area contributed by atoms with Crippen LogP contribution in [0.5, 0.6) is 0 Å². The maximum atomic E-state index is 15.2. The molecule has 4 heterocycles. The predicted octanol–water partition coefficient (Wildman–Crippen LogP) is 5.00. The van der Waals surface area contributed by atoms with Crippen LogP contribution in [-0.4, -0.2) is 57.0 Å². The Bertz CT molecular complexity index is 1610. The molecule has 1 aromatic carbocycles. The number of benzene rings is 1. The van der Waals surface area contributed by atoms with Crippen molar-refractivity contribution in [3.63, 3.8) is 0 Å². The van der Waals surface area contributed by atoms with Crippen LogP contribution in [0.1, 0.15) is 38.7 Å². The number of halogens is 2. The van der Waals surface area contributed by atoms with Gasteiger partial charge >= 0.3 is 6.09 Å². The lowest BCUT2D eigenvalue weighted by atomic mass is 9.75. The predicted molar refractivity (Wildman–Crippen MR) is 153 cm³/mol. The molecular weight excluding hydrogens is 544 g/mol. The van der Waals surface area contributed by atoms with E-state index in [2.05, 4.69) is 44.4 Å². The van der Waals surface area contributed by atoms with Crippen LogP contribution in [0.15, 0.2) is 48.9 Å². The molecule has 220 valence electrons. The van der Waals surface area contributed by atoms with Gasteiger partial charge in [0, 0.05) is 25.3 Å². The molecular formula is C30H33F2N7O3. The van der Waals surface area contributed by atoms with Gasteiger partial charge in [-0.1, -0.05) is 13.8 Å². The number of piperidine rings is 1. The third kappa shape index (κ3) is 5.00. The van der Waals surface area contributed by atoms with E-state index in [4.69, 9.17) is 4.74 Å². The molecule has 1 amide bonds. The first kappa shape index (κ1) is 27.8. The van der Waals surface area contributed by atoms with Crippen molar-refractivity contribution in [1.29, 1.82) is 0 Å². The maximum absolute atomic E-state index is 15.2. The number of carbonyl (C=O) groups is 1. The van der Waals surface area contributed by atoms with Crippen molar-refractivity contribution < 1.29 is 23.4 Å². The summed E-state index contributed by atoms with van der Waals surface area (Å²) in [6.07, 6.45) is 6.36. The normalized spacial score (nSPS) is 21.6. The fraction of sp³-hybridized carbons (Fsp3) is 0.400. The zero-order chi connectivity index (χ0) is 29.6. The smallest absolute Gasteiger partial charge is 0.407 e. The Labute approximate surface area is 241 Å². The number of methoxy groups -OCH3 is 1. The highest BCUT2D eigenvalue weighted by Gasteiger charge is 2.38. The first-order valence-electron chi connectivity index (χ1n) is 14.0. The Balaban J connectivity index is 1.28. The lowest BCUT2D eigenvalue weighted by Gasteiger charge is -2.42. The molecule has 0 radical (unpaired) electrons. The number of aliphatic hydroxyl groups is 1. The van der Waals surface area contributed by atoms with E-state index in [1.165, 1.54) is 23.8 Å². The van der Waals surface area contributed by atoms with Crippen LogP contribution in [0.25, 0.3) is 16.8 Å². The summed E-state index contributed by atoms with van der Waals surface area (Å²) in [6, 6.07) is 7.52. The number of nitrogens with one attached hydrogen (secondary N) is 2. The first-order valence-corrected chi connectivity index (χ1v) is 14.0. The Morgan fingerprint density at radius 1 is 1.10 bits per heavy atom. The number of ether oxygens (including phenoxy) is 1. The highest BCUT2D eigenvalue weighted by atomic mass is 19.1. The SMILES string of the molecule is COC(=O)NC1[C@H](C)CN(c2ccncc2Nc2ncc3ccc(-c4c(F)cc(C5(O)CCC5)cc4F)nn23)C[C@@H]1C. The maximum Gasteiger partial charge on any atom is 0.407 e. The largest absolute Gasteiger partial charge is 0.453 e. The molecule has 6 rings (SSSR count). The molecule has 4 aromatic rings. The minimum absolute atomic E-state index is 0.0303. The van der Waals surface area contributed by atoms with Crippen LogP contribution in [0.4, 0.5) is 30.9 Å². The Hall–Kier alpha value is -4.32. The molecule has 3 atom stereocenters. The molecule has 12 heteroatoms. The quantitative estimate of drug-likeness (QED) is 0.293. The van der Waals surface area contributed by atoms with Crippen molar-refractivity contribution in [1.82, 2.24) is 24.9 Å². The monoisotopic (exact) mass is 577 g/mol. The number of pyridine rings is 1. The third-order valence-electron chi connectivity index (χ3n) is 8.50. The number of nitrogens with zero attached hydrogens (tertiary/aromatic N) is 5. The van der Waals surface area contributed by atoms with E-state index in [0.717, 1.165) is 12.1 Å². The van der Waals surface area contributed by atoms with Crippen molar-refractivity contribution in [2.75, 3.05) is 30.4 Å². The van der Waals surface area contributed by atoms with Gasteiger partial charge in [-0.3, -0.25) is 4.98 Å². The molecule has 1 saturated carbocycles. The van der Waals surface area contributed by atoms with Crippen LogP contribution in [0.3, 0.4) is 0 Å². The summed E-state index contributed by atoms with van der Waals surface area (Å²) in [4.78, 5) is 22.8. The van der Waals surface area contributed by atoms with Crippen LogP contribution in [-0.2, 0) is 10.3 Å². The summed E-state index contributed by atoms with van der Waals surface area (Å²) in [5.74, 6) is -0.923. The lowest BCUT2D eigenvalue weighted by Crippen LogP contribution is -2.55. The van der Waals surface area contributed by atoms with Crippen molar-refractivity contribution in [3.8, 4) is 11.3 Å². The molecule has 1 aliphatic carbocycles. The van der Waals surface area contributed by atoms with E-state index >= 15 is 8.78 Å². The van der Waals surface area contributed by atoms with Gasteiger partial charge in [-0.05, 0) is 67.0 Å². The zero-order valence-electron chi connectivity index (χ0n) is 23.6. The second kappa shape index (κ2) is 10.8. The minimum atomic E-state index is -1.18. The number of carbonyl (C=O) groups excluding carboxylic acids is 1. The molecule has 1 unspecified atom stereocenters. The molecule has 0 spiro atoms. The van der Waals surface area contributed by atoms with Crippen molar-refractivity contribution in [3.05, 3.63) is 66.1 Å². The van der Waals surface area contributed by atoms with Crippen molar-refractivity contribution in [2.24, 2.45) is 11.8 Å². The number of amides is 1. The van der Waals surface area contributed by atoms with Gasteiger partial charge in [0.15, 0.2) is 0 Å².